The second kappa shape index (κ2) is 5.72. The van der Waals surface area contributed by atoms with Crippen molar-refractivity contribution in [2.75, 3.05) is 12.9 Å². The number of rotatable bonds is 2. The van der Waals surface area contributed by atoms with E-state index in [1.165, 1.54) is 18.4 Å². The van der Waals surface area contributed by atoms with E-state index in [1.54, 1.807) is 23.9 Å². The Balaban J connectivity index is 2.12. The van der Waals surface area contributed by atoms with Gasteiger partial charge in [0.2, 0.25) is 0 Å². The van der Waals surface area contributed by atoms with Crippen molar-refractivity contribution in [1.29, 1.82) is 5.26 Å². The van der Waals surface area contributed by atoms with Gasteiger partial charge in [0.15, 0.2) is 15.5 Å². The van der Waals surface area contributed by atoms with E-state index in [9.17, 15) is 10.4 Å². The number of thioether (sulfide) groups is 1. The van der Waals surface area contributed by atoms with Crippen molar-refractivity contribution < 1.29 is 9.84 Å². The first-order valence-corrected chi connectivity index (χ1v) is 8.47. The van der Waals surface area contributed by atoms with Gasteiger partial charge in [-0.2, -0.15) is 5.26 Å². The summed E-state index contributed by atoms with van der Waals surface area (Å²) < 4.78 is 5.79. The number of fused-ring (bicyclic) bond motifs is 1. The number of nitrogens with zero attached hydrogens (tertiary/aromatic N) is 1. The Morgan fingerprint density at radius 2 is 2.33 bits per heavy atom. The molecule has 1 aromatic carbocycles. The van der Waals surface area contributed by atoms with Crippen molar-refractivity contribution in [3.05, 3.63) is 32.6 Å². The summed E-state index contributed by atoms with van der Waals surface area (Å²) in [6, 6.07) is 7.68. The lowest BCUT2D eigenvalue weighted by atomic mass is 9.86. The molecule has 1 aromatic heterocycles. The number of thiazole rings is 1. The van der Waals surface area contributed by atoms with Crippen molar-refractivity contribution in [1.82, 2.24) is 4.98 Å². The number of aromatic nitrogens is 1. The van der Waals surface area contributed by atoms with Crippen LogP contribution in [-0.4, -0.2) is 23.0 Å². The quantitative estimate of drug-likeness (QED) is 0.814. The normalized spacial score (nSPS) is 20.6. The number of phenols is 1. The molecule has 3 rings (SSSR count). The molecule has 1 aliphatic heterocycles. The molecule has 0 amide bonds. The molecule has 0 saturated carbocycles. The molecule has 0 aliphatic carbocycles. The number of hydrogen-bond acceptors (Lipinski definition) is 6. The molecule has 2 aromatic rings. The zero-order chi connectivity index (χ0) is 15.0. The molecule has 0 fully saturated rings. The molecule has 2 unspecified atom stereocenters. The molecule has 108 valence electrons. The minimum absolute atomic E-state index is 0.0685. The van der Waals surface area contributed by atoms with Gasteiger partial charge in [-0.25, -0.2) is 0 Å². The Bertz CT molecular complexity index is 775. The number of aromatic hydroxyl groups is 1. The summed E-state index contributed by atoms with van der Waals surface area (Å²) in [6.07, 6.45) is 0. The molecule has 2 heterocycles. The van der Waals surface area contributed by atoms with Crippen LogP contribution in [0.1, 0.15) is 16.4 Å². The smallest absolute Gasteiger partial charge is 0.160 e. The highest BCUT2D eigenvalue weighted by molar-refractivity contribution is 7.99. The minimum atomic E-state index is -0.142. The van der Waals surface area contributed by atoms with Gasteiger partial charge in [0.05, 0.1) is 24.1 Å². The molecular formula is C14H12N2O2S3. The number of ether oxygens (including phenoxy) is 1. The van der Waals surface area contributed by atoms with Crippen molar-refractivity contribution in [2.45, 2.75) is 10.9 Å². The summed E-state index contributed by atoms with van der Waals surface area (Å²) in [7, 11) is 1.51. The van der Waals surface area contributed by atoms with E-state index in [2.05, 4.69) is 11.1 Å². The van der Waals surface area contributed by atoms with Gasteiger partial charge in [-0.15, -0.1) is 23.1 Å². The minimum Gasteiger partial charge on any atom is -0.504 e. The number of phenolic OH excluding ortho intramolecular Hbond substituents is 1. The second-order valence-electron chi connectivity index (χ2n) is 4.66. The van der Waals surface area contributed by atoms with Crippen molar-refractivity contribution >= 4 is 35.3 Å². The fourth-order valence-electron chi connectivity index (χ4n) is 2.49. The van der Waals surface area contributed by atoms with Crippen molar-refractivity contribution in [3.8, 4) is 17.6 Å². The fraction of sp³-hybridized carbons (Fsp3) is 0.286. The number of nitrogens with one attached hydrogen (secondary N) is 1. The fourth-order valence-corrected chi connectivity index (χ4v) is 5.27. The zero-order valence-electron chi connectivity index (χ0n) is 11.1. The van der Waals surface area contributed by atoms with E-state index >= 15 is 0 Å². The van der Waals surface area contributed by atoms with Gasteiger partial charge < -0.3 is 14.8 Å². The second-order valence-corrected chi connectivity index (χ2v) is 7.41. The van der Waals surface area contributed by atoms with Crippen LogP contribution in [-0.2, 0) is 0 Å². The molecule has 0 radical (unpaired) electrons. The average Bonchev–Trinajstić information content (AvgIpc) is 2.86. The molecule has 2 atom stereocenters. The van der Waals surface area contributed by atoms with Gasteiger partial charge in [-0.1, -0.05) is 6.07 Å². The lowest BCUT2D eigenvalue weighted by Crippen LogP contribution is -2.18. The molecule has 0 bridgehead atoms. The first-order valence-electron chi connectivity index (χ1n) is 6.26. The van der Waals surface area contributed by atoms with Crippen LogP contribution >= 0.6 is 35.3 Å². The lowest BCUT2D eigenvalue weighted by Gasteiger charge is -2.26. The highest BCUT2D eigenvalue weighted by Crippen LogP contribution is 2.47. The van der Waals surface area contributed by atoms with E-state index in [0.717, 1.165) is 15.5 Å². The van der Waals surface area contributed by atoms with Gasteiger partial charge in [0.25, 0.3) is 0 Å². The Kier molecular flexibility index (Phi) is 3.93. The molecule has 7 heteroatoms. The number of hydrogen-bond donors (Lipinski definition) is 2. The molecule has 21 heavy (non-hydrogen) atoms. The molecule has 1 aliphatic rings. The van der Waals surface area contributed by atoms with E-state index in [4.69, 9.17) is 17.0 Å². The Morgan fingerprint density at radius 3 is 3.00 bits per heavy atom. The highest BCUT2D eigenvalue weighted by atomic mass is 32.2. The van der Waals surface area contributed by atoms with Gasteiger partial charge in [-0.3, -0.25) is 0 Å². The molecule has 0 saturated heterocycles. The van der Waals surface area contributed by atoms with Crippen molar-refractivity contribution in [2.24, 2.45) is 5.92 Å². The maximum absolute atomic E-state index is 10.00. The topological polar surface area (TPSA) is 69.0 Å². The third kappa shape index (κ3) is 2.55. The Labute approximate surface area is 135 Å². The van der Waals surface area contributed by atoms with E-state index in [0.29, 0.717) is 15.5 Å². The SMILES string of the molecule is COc1ccc(C2c3sc(=S)[nH]c3SCC2C#N)cc1O. The predicted molar refractivity (Wildman–Crippen MR) is 85.8 cm³/mol. The van der Waals surface area contributed by atoms with Crippen LogP contribution < -0.4 is 4.74 Å². The number of benzene rings is 1. The molecule has 0 spiro atoms. The largest absolute Gasteiger partial charge is 0.504 e. The Hall–Kier alpha value is -1.49. The van der Waals surface area contributed by atoms with Crippen LogP contribution in [0.15, 0.2) is 23.2 Å². The summed E-state index contributed by atoms with van der Waals surface area (Å²) in [5.41, 5.74) is 0.909. The van der Waals surface area contributed by atoms with Crippen LogP contribution in [0.5, 0.6) is 11.5 Å². The maximum Gasteiger partial charge on any atom is 0.160 e. The van der Waals surface area contributed by atoms with Crippen molar-refractivity contribution in [3.63, 3.8) is 0 Å². The number of H-pyrrole nitrogens is 1. The van der Waals surface area contributed by atoms with E-state index in [1.807, 2.05) is 6.07 Å². The predicted octanol–water partition coefficient (Wildman–Crippen LogP) is 3.90. The third-order valence-electron chi connectivity index (χ3n) is 3.46. The maximum atomic E-state index is 10.00. The van der Waals surface area contributed by atoms with Gasteiger partial charge in [0, 0.05) is 16.5 Å². The zero-order valence-corrected chi connectivity index (χ0v) is 13.6. The summed E-state index contributed by atoms with van der Waals surface area (Å²) in [5, 5.41) is 20.5. The van der Waals surface area contributed by atoms with Gasteiger partial charge >= 0.3 is 0 Å². The molecular weight excluding hydrogens is 324 g/mol. The van der Waals surface area contributed by atoms with Crippen LogP contribution in [0.3, 0.4) is 0 Å². The standard InChI is InChI=1S/C14H12N2O2S3/c1-18-10-3-2-7(4-9(10)17)11-8(5-15)6-20-13-12(11)21-14(19)16-13/h2-4,8,11,17H,6H2,1H3,(H,16,19). The number of nitriles is 1. The first-order chi connectivity index (χ1) is 10.1. The number of methoxy groups -OCH3 is 1. The van der Waals surface area contributed by atoms with Gasteiger partial charge in [-0.05, 0) is 29.9 Å². The summed E-state index contributed by atoms with van der Waals surface area (Å²) in [5.74, 6) is 1.02. The average molecular weight is 336 g/mol. The molecule has 4 nitrogen and oxygen atoms in total. The first kappa shape index (κ1) is 14.4. The molecule has 2 N–H and O–H groups in total. The van der Waals surface area contributed by atoms with Crippen LogP contribution in [0.2, 0.25) is 0 Å². The summed E-state index contributed by atoms with van der Waals surface area (Å²) in [6.45, 7) is 0. The summed E-state index contributed by atoms with van der Waals surface area (Å²) >= 11 is 8.35. The van der Waals surface area contributed by atoms with E-state index < -0.39 is 0 Å². The van der Waals surface area contributed by atoms with E-state index in [-0.39, 0.29) is 17.6 Å². The monoisotopic (exact) mass is 336 g/mol. The number of aromatic amines is 1. The lowest BCUT2D eigenvalue weighted by molar-refractivity contribution is 0.372. The van der Waals surface area contributed by atoms with Crippen LogP contribution in [0, 0.1) is 21.2 Å². The third-order valence-corrected chi connectivity index (χ3v) is 6.05. The summed E-state index contributed by atoms with van der Waals surface area (Å²) in [4.78, 5) is 4.25. The van der Waals surface area contributed by atoms with Crippen LogP contribution in [0.25, 0.3) is 0 Å². The Morgan fingerprint density at radius 1 is 1.52 bits per heavy atom. The van der Waals surface area contributed by atoms with Gasteiger partial charge in [0.1, 0.15) is 0 Å². The highest BCUT2D eigenvalue weighted by Gasteiger charge is 2.34. The van der Waals surface area contributed by atoms with Crippen LogP contribution in [0.4, 0.5) is 0 Å².